The zero-order chi connectivity index (χ0) is 17.3. The second-order valence-corrected chi connectivity index (χ2v) is 8.94. The normalized spacial score (nSPS) is 27.1. The molecule has 0 fully saturated rings. The molecule has 0 amide bonds. The molecule has 0 aromatic heterocycles. The highest BCUT2D eigenvalue weighted by atomic mass is 32.2. The molecule has 1 aliphatic heterocycles. The molecule has 0 aliphatic carbocycles. The van der Waals surface area contributed by atoms with Crippen LogP contribution in [0.1, 0.15) is 26.3 Å². The maximum Gasteiger partial charge on any atom is 0.404 e. The van der Waals surface area contributed by atoms with Crippen LogP contribution in [0.15, 0.2) is 40.1 Å². The van der Waals surface area contributed by atoms with Crippen LogP contribution in [0, 0.1) is 12.8 Å². The fourth-order valence-electron chi connectivity index (χ4n) is 2.17. The molecule has 2 unspecified atom stereocenters. The summed E-state index contributed by atoms with van der Waals surface area (Å²) in [5, 5.41) is 0. The van der Waals surface area contributed by atoms with Gasteiger partial charge in [0.1, 0.15) is 6.10 Å². The summed E-state index contributed by atoms with van der Waals surface area (Å²) in [5.41, 5.74) is -2.53. The van der Waals surface area contributed by atoms with Crippen LogP contribution in [0.2, 0.25) is 0 Å². The Morgan fingerprint density at radius 3 is 2.48 bits per heavy atom. The third-order valence-electron chi connectivity index (χ3n) is 3.38. The minimum atomic E-state index is -4.50. The fourth-order valence-corrected chi connectivity index (χ4v) is 5.18. The smallest absolute Gasteiger partial charge is 0.304 e. The van der Waals surface area contributed by atoms with Crippen molar-refractivity contribution in [2.75, 3.05) is 6.61 Å². The minimum absolute atomic E-state index is 0.0913. The number of allylic oxidation sites excluding steroid dienone is 1. The van der Waals surface area contributed by atoms with Crippen molar-refractivity contribution in [1.82, 2.24) is 0 Å². The lowest BCUT2D eigenvalue weighted by Gasteiger charge is -2.36. The quantitative estimate of drug-likeness (QED) is 0.616. The third-order valence-corrected chi connectivity index (χ3v) is 6.43. The van der Waals surface area contributed by atoms with Crippen molar-refractivity contribution in [3.05, 3.63) is 40.8 Å². The lowest BCUT2D eigenvalue weighted by Crippen LogP contribution is -2.32. The maximum absolute atomic E-state index is 14.3. The summed E-state index contributed by atoms with van der Waals surface area (Å²) < 4.78 is 51.1. The summed E-state index contributed by atoms with van der Waals surface area (Å²) in [5.74, 6) is -0.107. The van der Waals surface area contributed by atoms with Gasteiger partial charge in [-0.05, 0) is 31.9 Å². The van der Waals surface area contributed by atoms with E-state index >= 15 is 0 Å². The number of hydrogen-bond donors (Lipinski definition) is 0. The number of hydrogen-bond acceptors (Lipinski definition) is 4. The zero-order valence-corrected chi connectivity index (χ0v) is 15.3. The predicted octanol–water partition coefficient (Wildman–Crippen LogP) is 5.85. The van der Waals surface area contributed by atoms with E-state index in [2.05, 4.69) is 0 Å². The minimum Gasteiger partial charge on any atom is -0.304 e. The molecule has 2 atom stereocenters. The van der Waals surface area contributed by atoms with Gasteiger partial charge in [0, 0.05) is 15.9 Å². The van der Waals surface area contributed by atoms with Crippen LogP contribution >= 0.6 is 19.4 Å². The largest absolute Gasteiger partial charge is 0.404 e. The Morgan fingerprint density at radius 1 is 1.35 bits per heavy atom. The average Bonchev–Trinajstić information content (AvgIpc) is 2.45. The predicted molar refractivity (Wildman–Crippen MR) is 89.0 cm³/mol. The molecule has 3 nitrogen and oxygen atoms in total. The molecule has 1 aromatic carbocycles. The van der Waals surface area contributed by atoms with E-state index in [0.29, 0.717) is 4.91 Å². The van der Waals surface area contributed by atoms with Gasteiger partial charge in [0.15, 0.2) is 0 Å². The number of alkyl halides is 2. The van der Waals surface area contributed by atoms with E-state index in [0.717, 1.165) is 16.5 Å². The highest BCUT2D eigenvalue weighted by Gasteiger charge is 2.57. The van der Waals surface area contributed by atoms with Gasteiger partial charge in [0.25, 0.3) is 0 Å². The van der Waals surface area contributed by atoms with Gasteiger partial charge in [-0.25, -0.2) is 0 Å². The Hall–Kier alpha value is -0.680. The van der Waals surface area contributed by atoms with Gasteiger partial charge in [0.05, 0.1) is 6.61 Å². The van der Waals surface area contributed by atoms with Crippen molar-refractivity contribution in [1.29, 1.82) is 0 Å². The Morgan fingerprint density at radius 2 is 1.96 bits per heavy atom. The summed E-state index contributed by atoms with van der Waals surface area (Å²) in [6, 6.07) is 7.57. The molecular formula is C16H21F2O3PS. The molecule has 1 heterocycles. The third kappa shape index (κ3) is 4.05. The number of rotatable bonds is 5. The van der Waals surface area contributed by atoms with Gasteiger partial charge < -0.3 is 4.52 Å². The second-order valence-electron chi connectivity index (χ2n) is 5.73. The summed E-state index contributed by atoms with van der Waals surface area (Å²) in [4.78, 5) is 1.19. The van der Waals surface area contributed by atoms with Crippen LogP contribution in [-0.2, 0) is 13.6 Å². The van der Waals surface area contributed by atoms with Crippen molar-refractivity contribution in [3.8, 4) is 0 Å². The summed E-state index contributed by atoms with van der Waals surface area (Å²) in [6.07, 6.45) is 0.0700. The van der Waals surface area contributed by atoms with Crippen LogP contribution < -0.4 is 0 Å². The Bertz CT molecular complexity index is 629. The van der Waals surface area contributed by atoms with Crippen molar-refractivity contribution in [3.63, 3.8) is 0 Å². The van der Waals surface area contributed by atoms with Crippen molar-refractivity contribution < 1.29 is 22.4 Å². The molecule has 23 heavy (non-hydrogen) atoms. The SMILES string of the molecule is CCOP1(=O)OC(C(C)C)C(Sc2ccc(C)cc2)=CC1(F)F. The first-order valence-corrected chi connectivity index (χ1v) is 9.82. The maximum atomic E-state index is 14.3. The highest BCUT2D eigenvalue weighted by Crippen LogP contribution is 2.67. The van der Waals surface area contributed by atoms with E-state index in [4.69, 9.17) is 9.05 Å². The standard InChI is InChI=1S/C16H21F2O3PS/c1-5-20-22(19)16(17,18)10-14(15(21-22)11(2)3)23-13-8-6-12(4)7-9-13/h6-11,15H,5H2,1-4H3. The number of benzene rings is 1. The monoisotopic (exact) mass is 362 g/mol. The van der Waals surface area contributed by atoms with Crippen molar-refractivity contribution >= 4 is 19.4 Å². The molecule has 0 saturated heterocycles. The molecule has 1 aromatic rings. The molecule has 0 bridgehead atoms. The highest BCUT2D eigenvalue weighted by molar-refractivity contribution is 8.03. The van der Waals surface area contributed by atoms with Gasteiger partial charge in [-0.2, -0.15) is 8.78 Å². The lowest BCUT2D eigenvalue weighted by atomic mass is 10.1. The van der Waals surface area contributed by atoms with E-state index in [1.165, 1.54) is 18.7 Å². The molecule has 7 heteroatoms. The first-order chi connectivity index (χ1) is 10.7. The number of halogens is 2. The summed E-state index contributed by atoms with van der Waals surface area (Å²) in [7, 11) is -4.50. The van der Waals surface area contributed by atoms with Crippen LogP contribution in [0.5, 0.6) is 0 Å². The van der Waals surface area contributed by atoms with E-state index in [9.17, 15) is 13.3 Å². The molecule has 0 radical (unpaired) electrons. The molecule has 128 valence electrons. The van der Waals surface area contributed by atoms with Crippen molar-refractivity contribution in [2.45, 2.75) is 44.4 Å². The van der Waals surface area contributed by atoms with Crippen LogP contribution in [0.3, 0.4) is 0 Å². The first kappa shape index (κ1) is 18.7. The number of thioether (sulfide) groups is 1. The average molecular weight is 362 g/mol. The Balaban J connectivity index is 2.37. The molecule has 0 saturated carbocycles. The number of aryl methyl sites for hydroxylation is 1. The van der Waals surface area contributed by atoms with E-state index in [1.807, 2.05) is 45.0 Å². The molecular weight excluding hydrogens is 341 g/mol. The van der Waals surface area contributed by atoms with Gasteiger partial charge in [-0.15, -0.1) is 0 Å². The van der Waals surface area contributed by atoms with Gasteiger partial charge >= 0.3 is 13.3 Å². The molecule has 1 aliphatic rings. The van der Waals surface area contributed by atoms with E-state index in [1.54, 1.807) is 0 Å². The van der Waals surface area contributed by atoms with Gasteiger partial charge in [0.2, 0.25) is 0 Å². The van der Waals surface area contributed by atoms with Crippen LogP contribution in [0.4, 0.5) is 8.78 Å². The van der Waals surface area contributed by atoms with Gasteiger partial charge in [-0.1, -0.05) is 43.3 Å². The fraction of sp³-hybridized carbons (Fsp3) is 0.500. The van der Waals surface area contributed by atoms with Crippen molar-refractivity contribution in [2.24, 2.45) is 5.92 Å². The summed E-state index contributed by atoms with van der Waals surface area (Å²) in [6.45, 7) is 7.07. The molecule has 2 rings (SSSR count). The second kappa shape index (κ2) is 7.06. The first-order valence-electron chi connectivity index (χ1n) is 7.46. The topological polar surface area (TPSA) is 35.5 Å². The lowest BCUT2D eigenvalue weighted by molar-refractivity contribution is 0.0440. The zero-order valence-electron chi connectivity index (χ0n) is 13.6. The van der Waals surface area contributed by atoms with E-state index in [-0.39, 0.29) is 12.5 Å². The van der Waals surface area contributed by atoms with Gasteiger partial charge in [-0.3, -0.25) is 9.09 Å². The molecule has 0 spiro atoms. The van der Waals surface area contributed by atoms with E-state index < -0.39 is 19.4 Å². The summed E-state index contributed by atoms with van der Waals surface area (Å²) >= 11 is 1.21. The van der Waals surface area contributed by atoms with Crippen LogP contribution in [0.25, 0.3) is 0 Å². The van der Waals surface area contributed by atoms with Crippen LogP contribution in [-0.4, -0.2) is 18.4 Å². The Labute approximate surface area is 140 Å². The molecule has 0 N–H and O–H groups in total. The Kier molecular flexibility index (Phi) is 5.72.